The monoisotopic (exact) mass is 499 g/mol. The van der Waals surface area contributed by atoms with Gasteiger partial charge in [-0.05, 0) is 74.2 Å². The molecule has 0 spiro atoms. The van der Waals surface area contributed by atoms with E-state index in [-0.39, 0.29) is 18.0 Å². The zero-order chi connectivity index (χ0) is 26.0. The normalized spacial score (nSPS) is 18.1. The van der Waals surface area contributed by atoms with E-state index in [2.05, 4.69) is 15.6 Å². The van der Waals surface area contributed by atoms with Crippen LogP contribution in [0.1, 0.15) is 41.7 Å². The highest BCUT2D eigenvalue weighted by atomic mass is 19.4. The molecule has 2 aromatic carbocycles. The number of nitrogens with one attached hydrogen (secondary N) is 2. The van der Waals surface area contributed by atoms with Gasteiger partial charge in [-0.1, -0.05) is 0 Å². The molecule has 0 bridgehead atoms. The first-order valence-electron chi connectivity index (χ1n) is 12.1. The summed E-state index contributed by atoms with van der Waals surface area (Å²) in [6.45, 7) is 0. The molecule has 4 rings (SSSR count). The van der Waals surface area contributed by atoms with E-state index in [1.807, 2.05) is 61.3 Å². The lowest BCUT2D eigenvalue weighted by Gasteiger charge is -2.37. The van der Waals surface area contributed by atoms with Gasteiger partial charge in [-0.2, -0.15) is 13.2 Å². The second kappa shape index (κ2) is 10.2. The van der Waals surface area contributed by atoms with Crippen LogP contribution in [0.5, 0.6) is 0 Å². The molecule has 3 aromatic rings. The highest BCUT2D eigenvalue weighted by molar-refractivity contribution is 5.95. The van der Waals surface area contributed by atoms with Crippen LogP contribution in [0.15, 0.2) is 48.5 Å². The predicted octanol–water partition coefficient (Wildman–Crippen LogP) is 5.54. The van der Waals surface area contributed by atoms with Crippen LogP contribution in [-0.4, -0.2) is 51.2 Å². The SMILES string of the molecule is CNc1ccc2nc(C(F)(F)F)cc(N(C)C3CCC(NC(=O)c4ccc(N(C)C)cc4)CC3)c2c1. The zero-order valence-corrected chi connectivity index (χ0v) is 21.0. The van der Waals surface area contributed by atoms with E-state index in [1.165, 1.54) is 0 Å². The average molecular weight is 500 g/mol. The van der Waals surface area contributed by atoms with Gasteiger partial charge in [0.15, 0.2) is 0 Å². The molecule has 36 heavy (non-hydrogen) atoms. The summed E-state index contributed by atoms with van der Waals surface area (Å²) in [6.07, 6.45) is -1.49. The molecule has 6 nitrogen and oxygen atoms in total. The van der Waals surface area contributed by atoms with Crippen LogP contribution in [0.25, 0.3) is 10.9 Å². The number of hydrogen-bond acceptors (Lipinski definition) is 5. The van der Waals surface area contributed by atoms with Gasteiger partial charge < -0.3 is 20.4 Å². The fourth-order valence-corrected chi connectivity index (χ4v) is 4.78. The van der Waals surface area contributed by atoms with Crippen molar-refractivity contribution in [3.63, 3.8) is 0 Å². The molecule has 192 valence electrons. The standard InChI is InChI=1S/C27H32F3N5O/c1-31-19-9-14-23-22(15-19)24(16-25(33-23)27(28,29)30)35(4)21-12-7-18(8-13-21)32-26(36)17-5-10-20(11-6-17)34(2)3/h5-6,9-11,14-16,18,21,31H,7-8,12-13H2,1-4H3,(H,32,36). The minimum Gasteiger partial charge on any atom is -0.388 e. The molecule has 1 saturated carbocycles. The van der Waals surface area contributed by atoms with Crippen molar-refractivity contribution in [2.45, 2.75) is 43.9 Å². The number of benzene rings is 2. The summed E-state index contributed by atoms with van der Waals surface area (Å²) in [6, 6.07) is 13.9. The molecule has 0 atom stereocenters. The van der Waals surface area contributed by atoms with Gasteiger partial charge in [0.25, 0.3) is 5.91 Å². The number of anilines is 3. The fourth-order valence-electron chi connectivity index (χ4n) is 4.78. The predicted molar refractivity (Wildman–Crippen MR) is 139 cm³/mol. The molecule has 0 radical (unpaired) electrons. The maximum absolute atomic E-state index is 13.6. The van der Waals surface area contributed by atoms with Gasteiger partial charge >= 0.3 is 6.18 Å². The van der Waals surface area contributed by atoms with Crippen molar-refractivity contribution >= 4 is 33.9 Å². The Labute approximate surface area is 209 Å². The van der Waals surface area contributed by atoms with Crippen LogP contribution in [0.4, 0.5) is 30.2 Å². The molecular formula is C27H32F3N5O. The van der Waals surface area contributed by atoms with E-state index in [0.29, 0.717) is 22.2 Å². The summed E-state index contributed by atoms with van der Waals surface area (Å²) in [5, 5.41) is 6.84. The zero-order valence-electron chi connectivity index (χ0n) is 21.0. The third kappa shape index (κ3) is 5.50. The maximum Gasteiger partial charge on any atom is 0.433 e. The summed E-state index contributed by atoms with van der Waals surface area (Å²) in [7, 11) is 7.51. The molecule has 1 aromatic heterocycles. The Morgan fingerprint density at radius 3 is 2.22 bits per heavy atom. The number of nitrogens with zero attached hydrogens (tertiary/aromatic N) is 3. The molecule has 0 unspecified atom stereocenters. The lowest BCUT2D eigenvalue weighted by Crippen LogP contribution is -2.43. The van der Waals surface area contributed by atoms with E-state index < -0.39 is 11.9 Å². The maximum atomic E-state index is 13.6. The van der Waals surface area contributed by atoms with Gasteiger partial charge in [0.2, 0.25) is 0 Å². The van der Waals surface area contributed by atoms with E-state index in [0.717, 1.165) is 43.1 Å². The quantitative estimate of drug-likeness (QED) is 0.467. The number of fused-ring (bicyclic) bond motifs is 1. The van der Waals surface area contributed by atoms with E-state index in [9.17, 15) is 18.0 Å². The Bertz CT molecular complexity index is 1220. The molecule has 2 N–H and O–H groups in total. The van der Waals surface area contributed by atoms with Gasteiger partial charge in [0, 0.05) is 68.3 Å². The highest BCUT2D eigenvalue weighted by Crippen LogP contribution is 2.37. The number of carbonyl (C=O) groups excluding carboxylic acids is 1. The largest absolute Gasteiger partial charge is 0.433 e. The van der Waals surface area contributed by atoms with Crippen molar-refractivity contribution in [3.05, 3.63) is 59.8 Å². The molecule has 1 amide bonds. The lowest BCUT2D eigenvalue weighted by atomic mass is 9.89. The van der Waals surface area contributed by atoms with Crippen molar-refractivity contribution < 1.29 is 18.0 Å². The number of carbonyl (C=O) groups is 1. The molecule has 1 fully saturated rings. The average Bonchev–Trinajstić information content (AvgIpc) is 2.87. The Morgan fingerprint density at radius 1 is 0.972 bits per heavy atom. The van der Waals surface area contributed by atoms with E-state index >= 15 is 0 Å². The fraction of sp³-hybridized carbons (Fsp3) is 0.407. The molecule has 1 heterocycles. The topological polar surface area (TPSA) is 60.5 Å². The van der Waals surface area contributed by atoms with Crippen molar-refractivity contribution in [2.75, 3.05) is 43.3 Å². The van der Waals surface area contributed by atoms with Gasteiger partial charge in [0.05, 0.1) is 5.52 Å². The minimum absolute atomic E-state index is 0.0338. The summed E-state index contributed by atoms with van der Waals surface area (Å²) in [4.78, 5) is 20.5. The van der Waals surface area contributed by atoms with Gasteiger partial charge in [0.1, 0.15) is 5.69 Å². The Hall–Kier alpha value is -3.49. The summed E-state index contributed by atoms with van der Waals surface area (Å²) >= 11 is 0. The number of alkyl halides is 3. The Balaban J connectivity index is 1.47. The second-order valence-electron chi connectivity index (χ2n) is 9.54. The van der Waals surface area contributed by atoms with Gasteiger partial charge in [-0.3, -0.25) is 4.79 Å². The summed E-state index contributed by atoms with van der Waals surface area (Å²) in [5.74, 6) is -0.105. The van der Waals surface area contributed by atoms with Crippen molar-refractivity contribution in [3.8, 4) is 0 Å². The van der Waals surface area contributed by atoms with Crippen LogP contribution >= 0.6 is 0 Å². The molecule has 0 aliphatic heterocycles. The number of pyridine rings is 1. The third-order valence-corrected chi connectivity index (χ3v) is 6.97. The first-order valence-corrected chi connectivity index (χ1v) is 12.1. The van der Waals surface area contributed by atoms with Crippen molar-refractivity contribution in [1.29, 1.82) is 0 Å². The first kappa shape index (κ1) is 25.6. The number of amides is 1. The highest BCUT2D eigenvalue weighted by Gasteiger charge is 2.35. The van der Waals surface area contributed by atoms with Crippen LogP contribution in [0.2, 0.25) is 0 Å². The molecular weight excluding hydrogens is 467 g/mol. The van der Waals surface area contributed by atoms with Crippen molar-refractivity contribution in [1.82, 2.24) is 10.3 Å². The van der Waals surface area contributed by atoms with Crippen LogP contribution < -0.4 is 20.4 Å². The van der Waals surface area contributed by atoms with Crippen LogP contribution in [-0.2, 0) is 6.18 Å². The number of hydrogen-bond donors (Lipinski definition) is 2. The Morgan fingerprint density at radius 2 is 1.64 bits per heavy atom. The molecule has 1 aliphatic rings. The smallest absolute Gasteiger partial charge is 0.388 e. The number of aromatic nitrogens is 1. The van der Waals surface area contributed by atoms with Crippen LogP contribution in [0.3, 0.4) is 0 Å². The summed E-state index contributed by atoms with van der Waals surface area (Å²) < 4.78 is 40.8. The lowest BCUT2D eigenvalue weighted by molar-refractivity contribution is -0.140. The molecule has 1 aliphatic carbocycles. The summed E-state index contributed by atoms with van der Waals surface area (Å²) in [5.41, 5.74) is 2.38. The van der Waals surface area contributed by atoms with Crippen molar-refractivity contribution in [2.24, 2.45) is 0 Å². The molecule has 9 heteroatoms. The van der Waals surface area contributed by atoms with Gasteiger partial charge in [-0.25, -0.2) is 4.98 Å². The number of rotatable bonds is 6. The first-order chi connectivity index (χ1) is 17.1. The third-order valence-electron chi connectivity index (χ3n) is 6.97. The number of halogens is 3. The minimum atomic E-state index is -4.53. The second-order valence-corrected chi connectivity index (χ2v) is 9.54. The molecule has 0 saturated heterocycles. The van der Waals surface area contributed by atoms with Crippen LogP contribution in [0, 0.1) is 0 Å². The van der Waals surface area contributed by atoms with Gasteiger partial charge in [-0.15, -0.1) is 0 Å². The Kier molecular flexibility index (Phi) is 7.28. The van der Waals surface area contributed by atoms with E-state index in [4.69, 9.17) is 0 Å². The van der Waals surface area contributed by atoms with E-state index in [1.54, 1.807) is 19.2 Å².